The van der Waals surface area contributed by atoms with Crippen LogP contribution in [0.4, 0.5) is 0 Å². The number of rotatable bonds is 6. The summed E-state index contributed by atoms with van der Waals surface area (Å²) in [5.74, 6) is 0. The van der Waals surface area contributed by atoms with E-state index in [1.165, 1.54) is 38.4 Å². The molecule has 2 rings (SSSR count). The minimum atomic E-state index is -3.17. The number of hydrogen-bond donors (Lipinski definition) is 2. The highest BCUT2D eigenvalue weighted by Crippen LogP contribution is 2.43. The summed E-state index contributed by atoms with van der Waals surface area (Å²) in [5.41, 5.74) is -0.301. The first-order chi connectivity index (χ1) is 9.20. The van der Waals surface area contributed by atoms with Gasteiger partial charge in [0.15, 0.2) is 0 Å². The van der Waals surface area contributed by atoms with Gasteiger partial charge in [-0.15, -0.1) is 0 Å². The van der Waals surface area contributed by atoms with Crippen molar-refractivity contribution < 1.29 is 13.2 Å². The summed E-state index contributed by atoms with van der Waals surface area (Å²) >= 11 is 0. The Kier molecular flexibility index (Phi) is 4.79. The van der Waals surface area contributed by atoms with Crippen molar-refractivity contribution in [2.75, 3.05) is 19.3 Å². The molecule has 1 atom stereocenters. The van der Waals surface area contributed by atoms with Gasteiger partial charge < -0.3 is 10.1 Å². The van der Waals surface area contributed by atoms with Gasteiger partial charge in [-0.25, -0.2) is 13.1 Å². The van der Waals surface area contributed by atoms with E-state index in [0.717, 1.165) is 13.0 Å². The molecule has 0 aromatic rings. The van der Waals surface area contributed by atoms with Crippen LogP contribution in [0.2, 0.25) is 0 Å². The molecule has 2 aliphatic rings. The minimum Gasteiger partial charge on any atom is -0.370 e. The molecule has 1 spiro atoms. The highest BCUT2D eigenvalue weighted by atomic mass is 32.2. The molecule has 0 amide bonds. The number of hydrogen-bond acceptors (Lipinski definition) is 4. The van der Waals surface area contributed by atoms with Crippen LogP contribution in [-0.4, -0.2) is 45.0 Å². The van der Waals surface area contributed by atoms with Crippen LogP contribution >= 0.6 is 0 Å². The second kappa shape index (κ2) is 5.91. The summed E-state index contributed by atoms with van der Waals surface area (Å²) in [6, 6.07) is 0. The molecule has 20 heavy (non-hydrogen) atoms. The molecule has 1 saturated heterocycles. The predicted molar refractivity (Wildman–Crippen MR) is 80.2 cm³/mol. The second-order valence-electron chi connectivity index (χ2n) is 7.06. The lowest BCUT2D eigenvalue weighted by molar-refractivity contribution is -0.0353. The average Bonchev–Trinajstić information content (AvgIpc) is 2.86. The average molecular weight is 304 g/mol. The molecule has 0 aromatic heterocycles. The Morgan fingerprint density at radius 3 is 2.50 bits per heavy atom. The molecule has 0 bridgehead atoms. The van der Waals surface area contributed by atoms with Crippen LogP contribution < -0.4 is 10.0 Å². The van der Waals surface area contributed by atoms with Crippen LogP contribution in [0.5, 0.6) is 0 Å². The molecule has 1 heterocycles. The highest BCUT2D eigenvalue weighted by molar-refractivity contribution is 7.88. The van der Waals surface area contributed by atoms with E-state index in [-0.39, 0.29) is 11.7 Å². The highest BCUT2D eigenvalue weighted by Gasteiger charge is 2.41. The van der Waals surface area contributed by atoms with Crippen molar-refractivity contribution >= 4 is 10.0 Å². The van der Waals surface area contributed by atoms with Gasteiger partial charge in [-0.3, -0.25) is 0 Å². The Morgan fingerprint density at radius 2 is 1.90 bits per heavy atom. The van der Waals surface area contributed by atoms with Gasteiger partial charge in [0.1, 0.15) is 0 Å². The van der Waals surface area contributed by atoms with Crippen LogP contribution in [0.25, 0.3) is 0 Å². The van der Waals surface area contributed by atoms with Gasteiger partial charge in [-0.05, 0) is 39.5 Å². The van der Waals surface area contributed by atoms with Crippen LogP contribution in [0, 0.1) is 0 Å². The van der Waals surface area contributed by atoms with Crippen molar-refractivity contribution in [1.82, 2.24) is 10.0 Å². The standard InChI is InChI=1S/C14H28N2O3S/c1-13(2,16-20(3,17)18)11-15-10-12-6-9-14(19-12)7-4-5-8-14/h12,15-16H,4-11H2,1-3H3. The summed E-state index contributed by atoms with van der Waals surface area (Å²) in [7, 11) is -3.17. The van der Waals surface area contributed by atoms with Gasteiger partial charge in [0.2, 0.25) is 10.0 Å². The molecule has 2 fully saturated rings. The summed E-state index contributed by atoms with van der Waals surface area (Å²) < 4.78 is 31.4. The van der Waals surface area contributed by atoms with Crippen molar-refractivity contribution in [2.45, 2.75) is 69.6 Å². The Hall–Kier alpha value is -0.170. The molecule has 1 saturated carbocycles. The Balaban J connectivity index is 1.71. The first-order valence-electron chi connectivity index (χ1n) is 7.57. The van der Waals surface area contributed by atoms with E-state index < -0.39 is 15.6 Å². The van der Waals surface area contributed by atoms with Crippen molar-refractivity contribution in [3.63, 3.8) is 0 Å². The largest absolute Gasteiger partial charge is 0.370 e. The summed E-state index contributed by atoms with van der Waals surface area (Å²) in [4.78, 5) is 0. The Labute approximate surface area is 122 Å². The fourth-order valence-electron chi connectivity index (χ4n) is 3.51. The number of ether oxygens (including phenoxy) is 1. The monoisotopic (exact) mass is 304 g/mol. The fraction of sp³-hybridized carbons (Fsp3) is 1.00. The van der Waals surface area contributed by atoms with E-state index >= 15 is 0 Å². The maximum absolute atomic E-state index is 11.3. The van der Waals surface area contributed by atoms with Gasteiger partial charge in [-0.1, -0.05) is 12.8 Å². The van der Waals surface area contributed by atoms with E-state index in [1.807, 2.05) is 13.8 Å². The molecule has 2 N–H and O–H groups in total. The topological polar surface area (TPSA) is 67.4 Å². The first-order valence-corrected chi connectivity index (χ1v) is 9.46. The zero-order valence-electron chi connectivity index (χ0n) is 12.9. The molecular weight excluding hydrogens is 276 g/mol. The quantitative estimate of drug-likeness (QED) is 0.778. The smallest absolute Gasteiger partial charge is 0.209 e. The normalized spacial score (nSPS) is 26.4. The van der Waals surface area contributed by atoms with Crippen LogP contribution in [-0.2, 0) is 14.8 Å². The fourth-order valence-corrected chi connectivity index (χ4v) is 4.59. The maximum atomic E-state index is 11.3. The van der Waals surface area contributed by atoms with E-state index in [9.17, 15) is 8.42 Å². The lowest BCUT2D eigenvalue weighted by atomic mass is 9.98. The second-order valence-corrected chi connectivity index (χ2v) is 8.81. The minimum absolute atomic E-state index is 0.173. The van der Waals surface area contributed by atoms with E-state index in [2.05, 4.69) is 10.0 Å². The molecule has 0 radical (unpaired) electrons. The molecule has 6 heteroatoms. The van der Waals surface area contributed by atoms with Gasteiger partial charge in [0.05, 0.1) is 18.0 Å². The first kappa shape index (κ1) is 16.2. The molecule has 1 unspecified atom stereocenters. The third kappa shape index (κ3) is 4.69. The van der Waals surface area contributed by atoms with Gasteiger partial charge >= 0.3 is 0 Å². The lowest BCUT2D eigenvalue weighted by Gasteiger charge is -2.27. The Morgan fingerprint density at radius 1 is 1.25 bits per heavy atom. The molecular formula is C14H28N2O3S. The van der Waals surface area contributed by atoms with Crippen molar-refractivity contribution in [1.29, 1.82) is 0 Å². The van der Waals surface area contributed by atoms with Gasteiger partial charge in [-0.2, -0.15) is 0 Å². The molecule has 1 aliphatic carbocycles. The number of sulfonamides is 1. The van der Waals surface area contributed by atoms with E-state index in [4.69, 9.17) is 4.74 Å². The van der Waals surface area contributed by atoms with E-state index in [0.29, 0.717) is 6.54 Å². The Bertz CT molecular complexity index is 428. The zero-order chi connectivity index (χ0) is 14.9. The summed E-state index contributed by atoms with van der Waals surface area (Å²) in [6.45, 7) is 5.17. The van der Waals surface area contributed by atoms with Gasteiger partial charge in [0.25, 0.3) is 0 Å². The molecule has 5 nitrogen and oxygen atoms in total. The van der Waals surface area contributed by atoms with Crippen LogP contribution in [0.3, 0.4) is 0 Å². The molecule has 118 valence electrons. The van der Waals surface area contributed by atoms with Crippen molar-refractivity contribution in [3.8, 4) is 0 Å². The van der Waals surface area contributed by atoms with Gasteiger partial charge in [0, 0.05) is 18.6 Å². The third-order valence-corrected chi connectivity index (χ3v) is 5.18. The third-order valence-electron chi connectivity index (χ3n) is 4.25. The summed E-state index contributed by atoms with van der Waals surface area (Å²) in [6.07, 6.45) is 8.80. The van der Waals surface area contributed by atoms with Crippen molar-refractivity contribution in [3.05, 3.63) is 0 Å². The van der Waals surface area contributed by atoms with Crippen LogP contribution in [0.15, 0.2) is 0 Å². The summed E-state index contributed by atoms with van der Waals surface area (Å²) in [5, 5.41) is 3.34. The zero-order valence-corrected chi connectivity index (χ0v) is 13.7. The molecule has 1 aliphatic heterocycles. The maximum Gasteiger partial charge on any atom is 0.209 e. The molecule has 0 aromatic carbocycles. The predicted octanol–water partition coefficient (Wildman–Crippen LogP) is 1.40. The van der Waals surface area contributed by atoms with Crippen LogP contribution in [0.1, 0.15) is 52.4 Å². The lowest BCUT2D eigenvalue weighted by Crippen LogP contribution is -2.50. The van der Waals surface area contributed by atoms with Crippen molar-refractivity contribution in [2.24, 2.45) is 0 Å². The number of nitrogens with one attached hydrogen (secondary N) is 2. The SMILES string of the molecule is CC(C)(CNCC1CCC2(CCCC2)O1)NS(C)(=O)=O. The van der Waals surface area contributed by atoms with E-state index in [1.54, 1.807) is 0 Å².